The fourth-order valence-electron chi connectivity index (χ4n) is 2.41. The summed E-state index contributed by atoms with van der Waals surface area (Å²) in [6.07, 6.45) is 1.12. The first kappa shape index (κ1) is 15.0. The minimum Gasteiger partial charge on any atom is -0.267 e. The average molecular weight is 298 g/mol. The number of aryl methyl sites for hydroxylation is 1. The molecule has 2 rings (SSSR count). The molecule has 0 aliphatic carbocycles. The third-order valence-corrected chi connectivity index (χ3v) is 4.01. The molecule has 0 N–H and O–H groups in total. The number of rotatable bonds is 2. The van der Waals surface area contributed by atoms with E-state index in [1.807, 2.05) is 20.8 Å². The van der Waals surface area contributed by atoms with Crippen LogP contribution in [0.2, 0.25) is 0 Å². The summed E-state index contributed by atoms with van der Waals surface area (Å²) in [5, 5.41) is 4.52. The van der Waals surface area contributed by atoms with E-state index in [4.69, 9.17) is 0 Å². The Morgan fingerprint density at radius 2 is 1.90 bits per heavy atom. The maximum absolute atomic E-state index is 14.2. The number of halogens is 1. The maximum Gasteiger partial charge on any atom is 0.153 e. The van der Waals surface area contributed by atoms with E-state index in [-0.39, 0.29) is 16.9 Å². The van der Waals surface area contributed by atoms with Crippen LogP contribution in [0, 0.1) is 5.82 Å². The first-order valence-corrected chi connectivity index (χ1v) is 8.39. The lowest BCUT2D eigenvalue weighted by Crippen LogP contribution is -2.13. The Morgan fingerprint density at radius 3 is 2.40 bits per heavy atom. The highest BCUT2D eigenvalue weighted by atomic mass is 32.2. The van der Waals surface area contributed by atoms with Crippen LogP contribution in [0.3, 0.4) is 0 Å². The molecule has 1 aromatic carbocycles. The Morgan fingerprint density at radius 1 is 1.30 bits per heavy atom. The Balaban J connectivity index is 2.83. The van der Waals surface area contributed by atoms with Crippen LogP contribution < -0.4 is 0 Å². The normalized spacial score (nSPS) is 13.1. The molecule has 1 heterocycles. The minimum atomic E-state index is -3.26. The molecule has 1 aromatic heterocycles. The molecule has 110 valence electrons. The van der Waals surface area contributed by atoms with Gasteiger partial charge in [-0.2, -0.15) is 5.10 Å². The van der Waals surface area contributed by atoms with Crippen LogP contribution in [0.15, 0.2) is 12.1 Å². The van der Waals surface area contributed by atoms with E-state index in [1.54, 1.807) is 17.8 Å². The zero-order valence-electron chi connectivity index (χ0n) is 12.4. The van der Waals surface area contributed by atoms with Crippen molar-refractivity contribution in [2.45, 2.75) is 31.9 Å². The average Bonchev–Trinajstić information content (AvgIpc) is 2.53. The van der Waals surface area contributed by atoms with Gasteiger partial charge in [0, 0.05) is 13.3 Å². The van der Waals surface area contributed by atoms with Crippen molar-refractivity contribution in [3.63, 3.8) is 0 Å². The summed E-state index contributed by atoms with van der Waals surface area (Å²) in [7, 11) is -1.55. The summed E-state index contributed by atoms with van der Waals surface area (Å²) in [5.41, 5.74) is 1.70. The monoisotopic (exact) mass is 298 g/mol. The summed E-state index contributed by atoms with van der Waals surface area (Å²) >= 11 is 0. The van der Waals surface area contributed by atoms with Crippen molar-refractivity contribution in [1.82, 2.24) is 9.78 Å². The van der Waals surface area contributed by atoms with E-state index in [9.17, 15) is 12.8 Å². The molecule has 4 nitrogen and oxygen atoms in total. The summed E-state index contributed by atoms with van der Waals surface area (Å²) in [5.74, 6) is -0.686. The predicted molar refractivity (Wildman–Crippen MR) is 77.9 cm³/mol. The number of aromatic nitrogens is 2. The molecule has 0 atom stereocenters. The van der Waals surface area contributed by atoms with E-state index < -0.39 is 15.7 Å². The van der Waals surface area contributed by atoms with Gasteiger partial charge in [0.15, 0.2) is 9.84 Å². The maximum atomic E-state index is 14.2. The third kappa shape index (κ3) is 2.70. The zero-order valence-corrected chi connectivity index (χ0v) is 13.2. The lowest BCUT2D eigenvalue weighted by molar-refractivity contribution is 0.586. The van der Waals surface area contributed by atoms with Crippen molar-refractivity contribution in [2.24, 2.45) is 7.05 Å². The van der Waals surface area contributed by atoms with Crippen LogP contribution in [0.5, 0.6) is 0 Å². The van der Waals surface area contributed by atoms with E-state index in [0.29, 0.717) is 10.9 Å². The first-order chi connectivity index (χ1) is 9.00. The van der Waals surface area contributed by atoms with Crippen molar-refractivity contribution < 1.29 is 12.8 Å². The standard InChI is InChI=1S/C14H19FN2O2S/c1-14(2,3)9-6-7-10(15)12-11(8-20(5,18)19)16-17(4)13(9)12/h6-7H,8H2,1-5H3. The molecule has 0 radical (unpaired) electrons. The van der Waals surface area contributed by atoms with E-state index in [1.165, 1.54) is 6.07 Å². The van der Waals surface area contributed by atoms with Gasteiger partial charge in [0.1, 0.15) is 5.82 Å². The van der Waals surface area contributed by atoms with Gasteiger partial charge < -0.3 is 0 Å². The van der Waals surface area contributed by atoms with Crippen LogP contribution in [0.4, 0.5) is 4.39 Å². The summed E-state index contributed by atoms with van der Waals surface area (Å²) in [6, 6.07) is 3.12. The fraction of sp³-hybridized carbons (Fsp3) is 0.500. The van der Waals surface area contributed by atoms with E-state index >= 15 is 0 Å². The molecule has 0 saturated carbocycles. The quantitative estimate of drug-likeness (QED) is 0.856. The number of benzene rings is 1. The summed E-state index contributed by atoms with van der Waals surface area (Å²) in [6.45, 7) is 6.09. The van der Waals surface area contributed by atoms with Crippen molar-refractivity contribution >= 4 is 20.7 Å². The van der Waals surface area contributed by atoms with Gasteiger partial charge in [-0.15, -0.1) is 0 Å². The smallest absolute Gasteiger partial charge is 0.153 e. The third-order valence-electron chi connectivity index (χ3n) is 3.22. The number of nitrogens with zero attached hydrogens (tertiary/aromatic N) is 2. The second-order valence-corrected chi connectivity index (χ2v) is 8.35. The molecule has 0 unspecified atom stereocenters. The number of fused-ring (bicyclic) bond motifs is 1. The second-order valence-electron chi connectivity index (χ2n) is 6.21. The van der Waals surface area contributed by atoms with Gasteiger partial charge >= 0.3 is 0 Å². The molecule has 0 bridgehead atoms. The molecule has 0 amide bonds. The molecular weight excluding hydrogens is 279 g/mol. The van der Waals surface area contributed by atoms with Gasteiger partial charge in [0.05, 0.1) is 22.3 Å². The Hall–Kier alpha value is -1.43. The molecule has 0 fully saturated rings. The van der Waals surface area contributed by atoms with Crippen LogP contribution in [-0.2, 0) is 28.1 Å². The van der Waals surface area contributed by atoms with E-state index in [0.717, 1.165) is 11.8 Å². The van der Waals surface area contributed by atoms with Crippen molar-refractivity contribution in [2.75, 3.05) is 6.26 Å². The highest BCUT2D eigenvalue weighted by Gasteiger charge is 2.24. The highest BCUT2D eigenvalue weighted by molar-refractivity contribution is 7.89. The summed E-state index contributed by atoms with van der Waals surface area (Å²) < 4.78 is 38.7. The van der Waals surface area contributed by atoms with E-state index in [2.05, 4.69) is 5.10 Å². The Labute approximate surface area is 118 Å². The number of hydrogen-bond acceptors (Lipinski definition) is 3. The van der Waals surface area contributed by atoms with Crippen molar-refractivity contribution in [3.8, 4) is 0 Å². The lowest BCUT2D eigenvalue weighted by Gasteiger charge is -2.20. The fourth-order valence-corrected chi connectivity index (χ4v) is 3.11. The van der Waals surface area contributed by atoms with Gasteiger partial charge in [-0.25, -0.2) is 12.8 Å². The van der Waals surface area contributed by atoms with Gasteiger partial charge in [0.2, 0.25) is 0 Å². The van der Waals surface area contributed by atoms with Crippen LogP contribution in [0.1, 0.15) is 32.0 Å². The summed E-state index contributed by atoms with van der Waals surface area (Å²) in [4.78, 5) is 0. The molecular formula is C14H19FN2O2S. The van der Waals surface area contributed by atoms with Gasteiger partial charge in [-0.05, 0) is 17.0 Å². The lowest BCUT2D eigenvalue weighted by atomic mass is 9.85. The largest absolute Gasteiger partial charge is 0.267 e. The Kier molecular flexibility index (Phi) is 3.40. The minimum absolute atomic E-state index is 0.178. The SMILES string of the molecule is Cn1nc(CS(C)(=O)=O)c2c(F)ccc(C(C)(C)C)c21. The predicted octanol–water partition coefficient (Wildman–Crippen LogP) is 2.55. The molecule has 6 heteroatoms. The van der Waals surface area contributed by atoms with Crippen LogP contribution in [0.25, 0.3) is 10.9 Å². The number of hydrogen-bond donors (Lipinski definition) is 0. The first-order valence-electron chi connectivity index (χ1n) is 6.33. The molecule has 0 aliphatic rings. The number of sulfone groups is 1. The topological polar surface area (TPSA) is 52.0 Å². The van der Waals surface area contributed by atoms with Crippen molar-refractivity contribution in [1.29, 1.82) is 0 Å². The van der Waals surface area contributed by atoms with Gasteiger partial charge in [-0.1, -0.05) is 26.8 Å². The van der Waals surface area contributed by atoms with Gasteiger partial charge in [0.25, 0.3) is 0 Å². The molecule has 0 saturated heterocycles. The molecule has 20 heavy (non-hydrogen) atoms. The van der Waals surface area contributed by atoms with Crippen LogP contribution >= 0.6 is 0 Å². The Bertz CT molecular complexity index is 771. The van der Waals surface area contributed by atoms with Gasteiger partial charge in [-0.3, -0.25) is 4.68 Å². The molecule has 0 aliphatic heterocycles. The van der Waals surface area contributed by atoms with Crippen molar-refractivity contribution in [3.05, 3.63) is 29.2 Å². The molecule has 2 aromatic rings. The van der Waals surface area contributed by atoms with Crippen LogP contribution in [-0.4, -0.2) is 24.5 Å². The zero-order chi connectivity index (χ0) is 15.3. The molecule has 0 spiro atoms. The second kappa shape index (κ2) is 4.55. The highest BCUT2D eigenvalue weighted by Crippen LogP contribution is 2.33.